The number of H-pyrrole nitrogens is 1. The number of hydrogen-bond donors (Lipinski definition) is 2. The average Bonchev–Trinajstić information content (AvgIpc) is 3.34. The number of ether oxygens (including phenoxy) is 1. The normalized spacial score (nSPS) is 12.2. The number of aromatic amines is 1. The minimum atomic E-state index is -0.945. The molecule has 3 aromatic heterocycles. The molecule has 3 aromatic rings. The number of hydrogen-bond acceptors (Lipinski definition) is 6. The molecule has 0 radical (unpaired) electrons. The zero-order valence-electron chi connectivity index (χ0n) is 23.8. The highest BCUT2D eigenvalue weighted by molar-refractivity contribution is 6.29. The van der Waals surface area contributed by atoms with Gasteiger partial charge in [-0.15, -0.1) is 0 Å². The van der Waals surface area contributed by atoms with E-state index in [-0.39, 0.29) is 41.9 Å². The average molecular weight is 588 g/mol. The molecule has 3 heterocycles. The van der Waals surface area contributed by atoms with Crippen molar-refractivity contribution in [2.45, 2.75) is 52.1 Å². The van der Waals surface area contributed by atoms with E-state index in [1.165, 1.54) is 41.0 Å². The van der Waals surface area contributed by atoms with Crippen molar-refractivity contribution in [2.24, 2.45) is 5.92 Å². The van der Waals surface area contributed by atoms with E-state index in [0.717, 1.165) is 0 Å². The van der Waals surface area contributed by atoms with Crippen LogP contribution in [0.5, 0.6) is 0 Å². The number of rotatable bonds is 12. The molecule has 41 heavy (non-hydrogen) atoms. The van der Waals surface area contributed by atoms with Crippen LogP contribution in [0.1, 0.15) is 43.5 Å². The standard InChI is InChI=1S/C29H35ClFN5O5/c1-17(2)12-20-21(31)15-32-23-14-19(33-27(20)23)16-36-25(30)11-10-18(28(36)39)13-24(37)22(34-29(40)41-5)8-6-7-9-26(38)35(3)4/h7,9-11,14-15,17,22,33H,6,8,12-13,16H2,1-5H3,(H,34,40)/b9-7+/t22-/m0/s1. The van der Waals surface area contributed by atoms with Crippen molar-refractivity contribution in [3.63, 3.8) is 0 Å². The third-order valence-corrected chi connectivity index (χ3v) is 6.78. The first-order valence-electron chi connectivity index (χ1n) is 13.2. The van der Waals surface area contributed by atoms with Crippen LogP contribution in [-0.4, -0.2) is 64.5 Å². The number of methoxy groups -OCH3 is 1. The first-order chi connectivity index (χ1) is 19.4. The van der Waals surface area contributed by atoms with Gasteiger partial charge in [0.1, 0.15) is 11.0 Å². The third kappa shape index (κ3) is 8.26. The number of carbonyl (C=O) groups is 3. The van der Waals surface area contributed by atoms with Gasteiger partial charge in [-0.25, -0.2) is 9.18 Å². The molecule has 2 amide bonds. The number of fused-ring (bicyclic) bond motifs is 1. The molecule has 0 aliphatic heterocycles. The number of aromatic nitrogens is 3. The van der Waals surface area contributed by atoms with Gasteiger partial charge >= 0.3 is 6.09 Å². The minimum absolute atomic E-state index is 0.0489. The Morgan fingerprint density at radius 1 is 1.27 bits per heavy atom. The molecule has 12 heteroatoms. The second-order valence-electron chi connectivity index (χ2n) is 10.4. The lowest BCUT2D eigenvalue weighted by atomic mass is 10.0. The van der Waals surface area contributed by atoms with E-state index in [1.54, 1.807) is 26.2 Å². The number of allylic oxidation sites excluding steroid dienone is 1. The highest BCUT2D eigenvalue weighted by Crippen LogP contribution is 2.24. The van der Waals surface area contributed by atoms with Crippen LogP contribution in [0.4, 0.5) is 9.18 Å². The quantitative estimate of drug-likeness (QED) is 0.243. The van der Waals surface area contributed by atoms with Crippen LogP contribution in [0, 0.1) is 11.7 Å². The summed E-state index contributed by atoms with van der Waals surface area (Å²) in [6.07, 6.45) is 4.20. The third-order valence-electron chi connectivity index (χ3n) is 6.45. The summed E-state index contributed by atoms with van der Waals surface area (Å²) in [7, 11) is 4.43. The first-order valence-corrected chi connectivity index (χ1v) is 13.6. The van der Waals surface area contributed by atoms with E-state index >= 15 is 0 Å². The Labute approximate surface area is 242 Å². The Balaban J connectivity index is 1.83. The summed E-state index contributed by atoms with van der Waals surface area (Å²) in [5.41, 5.74) is 1.99. The summed E-state index contributed by atoms with van der Waals surface area (Å²) < 4.78 is 20.5. The fraction of sp³-hybridized carbons (Fsp3) is 0.414. The van der Waals surface area contributed by atoms with Gasteiger partial charge < -0.3 is 19.9 Å². The summed E-state index contributed by atoms with van der Waals surface area (Å²) in [4.78, 5) is 59.0. The van der Waals surface area contributed by atoms with Crippen molar-refractivity contribution in [1.82, 2.24) is 24.8 Å². The number of ketones is 1. The zero-order chi connectivity index (χ0) is 30.3. The number of carbonyl (C=O) groups excluding carboxylic acids is 3. The van der Waals surface area contributed by atoms with Gasteiger partial charge in [-0.2, -0.15) is 0 Å². The van der Waals surface area contributed by atoms with Crippen LogP contribution in [0.3, 0.4) is 0 Å². The molecule has 1 atom stereocenters. The fourth-order valence-corrected chi connectivity index (χ4v) is 4.52. The Morgan fingerprint density at radius 2 is 2.00 bits per heavy atom. The topological polar surface area (TPSA) is 126 Å². The Morgan fingerprint density at radius 3 is 2.66 bits per heavy atom. The molecule has 0 aliphatic carbocycles. The van der Waals surface area contributed by atoms with Gasteiger partial charge in [0.15, 0.2) is 5.78 Å². The maximum atomic E-state index is 14.5. The van der Waals surface area contributed by atoms with E-state index in [1.807, 2.05) is 13.8 Å². The van der Waals surface area contributed by atoms with Crippen LogP contribution < -0.4 is 10.9 Å². The lowest BCUT2D eigenvalue weighted by Crippen LogP contribution is -2.42. The molecular formula is C29H35ClFN5O5. The Bertz CT molecular complexity index is 1510. The van der Waals surface area contributed by atoms with Gasteiger partial charge in [0.25, 0.3) is 5.56 Å². The lowest BCUT2D eigenvalue weighted by molar-refractivity contribution is -0.123. The van der Waals surface area contributed by atoms with Crippen molar-refractivity contribution in [3.8, 4) is 0 Å². The van der Waals surface area contributed by atoms with Crippen molar-refractivity contribution in [3.05, 3.63) is 74.7 Å². The first kappa shape index (κ1) is 31.5. The number of nitrogens with one attached hydrogen (secondary N) is 2. The number of alkyl carbamates (subject to hydrolysis) is 1. The molecule has 2 N–H and O–H groups in total. The molecule has 0 spiro atoms. The van der Waals surface area contributed by atoms with Gasteiger partial charge in [0.05, 0.1) is 36.9 Å². The van der Waals surface area contributed by atoms with Crippen LogP contribution in [0.15, 0.2) is 41.3 Å². The van der Waals surface area contributed by atoms with Crippen LogP contribution in [0.2, 0.25) is 5.15 Å². The second kappa shape index (κ2) is 14.1. The van der Waals surface area contributed by atoms with Crippen LogP contribution >= 0.6 is 11.6 Å². The number of nitrogens with zero attached hydrogens (tertiary/aromatic N) is 3. The van der Waals surface area contributed by atoms with E-state index in [9.17, 15) is 23.6 Å². The summed E-state index contributed by atoms with van der Waals surface area (Å²) in [5, 5.41) is 2.66. The smallest absolute Gasteiger partial charge is 0.407 e. The molecule has 10 nitrogen and oxygen atoms in total. The highest BCUT2D eigenvalue weighted by atomic mass is 35.5. The van der Waals surface area contributed by atoms with E-state index < -0.39 is 29.3 Å². The van der Waals surface area contributed by atoms with Crippen LogP contribution in [-0.2, 0) is 33.7 Å². The minimum Gasteiger partial charge on any atom is -0.453 e. The number of pyridine rings is 2. The van der Waals surface area contributed by atoms with E-state index in [4.69, 9.17) is 11.6 Å². The predicted octanol–water partition coefficient (Wildman–Crippen LogP) is 4.02. The van der Waals surface area contributed by atoms with Gasteiger partial charge in [-0.1, -0.05) is 37.6 Å². The molecule has 0 fully saturated rings. The van der Waals surface area contributed by atoms with Crippen molar-refractivity contribution >= 4 is 40.4 Å². The van der Waals surface area contributed by atoms with Crippen molar-refractivity contribution < 1.29 is 23.5 Å². The summed E-state index contributed by atoms with van der Waals surface area (Å²) in [5.74, 6) is -0.785. The number of likely N-dealkylation sites (N-methyl/N-ethyl adjacent to an activating group) is 1. The second-order valence-corrected chi connectivity index (χ2v) is 10.7. The Hall–Kier alpha value is -3.99. The van der Waals surface area contributed by atoms with Gasteiger partial charge in [0.2, 0.25) is 5.91 Å². The van der Waals surface area contributed by atoms with E-state index in [0.29, 0.717) is 35.1 Å². The molecule has 0 aromatic carbocycles. The summed E-state index contributed by atoms with van der Waals surface area (Å²) in [6.45, 7) is 4.04. The molecule has 0 saturated carbocycles. The lowest BCUT2D eigenvalue weighted by Gasteiger charge is -2.17. The predicted molar refractivity (Wildman–Crippen MR) is 155 cm³/mol. The monoisotopic (exact) mass is 587 g/mol. The molecule has 220 valence electrons. The maximum absolute atomic E-state index is 14.5. The van der Waals surface area contributed by atoms with Crippen molar-refractivity contribution in [2.75, 3.05) is 21.2 Å². The SMILES string of the molecule is COC(=O)N[C@@H](CC/C=C/C(=O)N(C)C)C(=O)Cc1ccc(Cl)n(Cc2cc3ncc(F)c(CC(C)C)c3[nH]2)c1=O. The molecule has 3 rings (SSSR count). The number of amides is 2. The van der Waals surface area contributed by atoms with Crippen molar-refractivity contribution in [1.29, 1.82) is 0 Å². The van der Waals surface area contributed by atoms with Gasteiger partial charge in [-0.3, -0.25) is 23.9 Å². The maximum Gasteiger partial charge on any atom is 0.407 e. The van der Waals surface area contributed by atoms with E-state index in [2.05, 4.69) is 20.0 Å². The Kier molecular flexibility index (Phi) is 10.8. The molecule has 0 unspecified atom stereocenters. The fourth-order valence-electron chi connectivity index (χ4n) is 4.32. The van der Waals surface area contributed by atoms with Gasteiger partial charge in [0, 0.05) is 37.3 Å². The number of halogens is 2. The molecule has 0 aliphatic rings. The largest absolute Gasteiger partial charge is 0.453 e. The zero-order valence-corrected chi connectivity index (χ0v) is 24.5. The van der Waals surface area contributed by atoms with Gasteiger partial charge in [-0.05, 0) is 43.4 Å². The number of Topliss-reactive ketones (excluding diaryl/α,β-unsaturated/α-hetero) is 1. The van der Waals surface area contributed by atoms with Crippen LogP contribution in [0.25, 0.3) is 11.0 Å². The molecule has 0 bridgehead atoms. The molecule has 0 saturated heterocycles. The summed E-state index contributed by atoms with van der Waals surface area (Å²) in [6, 6.07) is 3.80. The molecular weight excluding hydrogens is 553 g/mol. The highest BCUT2D eigenvalue weighted by Gasteiger charge is 2.23. The summed E-state index contributed by atoms with van der Waals surface area (Å²) >= 11 is 6.37.